The minimum atomic E-state index is 0.336. The molecule has 2 rings (SSSR count). The fourth-order valence-corrected chi connectivity index (χ4v) is 1.02. The maximum absolute atomic E-state index is 4.81. The fraction of sp³-hybridized carbons (Fsp3) is 0. The Morgan fingerprint density at radius 3 is 2.92 bits per heavy atom. The van der Waals surface area contributed by atoms with E-state index in [1.54, 1.807) is 29.3 Å². The van der Waals surface area contributed by atoms with Crippen LogP contribution in [-0.2, 0) is 0 Å². The molecule has 12 heavy (non-hydrogen) atoms. The van der Waals surface area contributed by atoms with E-state index in [1.165, 1.54) is 0 Å². The summed E-state index contributed by atoms with van der Waals surface area (Å²) in [6.07, 6.45) is 5.11. The molecule has 2 aromatic heterocycles. The minimum Gasteiger partial charge on any atom is -0.227 e. The molecule has 0 atom stereocenters. The Morgan fingerprint density at radius 1 is 1.33 bits per heavy atom. The van der Waals surface area contributed by atoms with Crippen LogP contribution < -0.4 is 0 Å². The maximum Gasteiger partial charge on any atom is 0.221 e. The molecule has 0 saturated heterocycles. The highest BCUT2D eigenvalue weighted by molar-refractivity contribution is 7.80. The zero-order valence-corrected chi connectivity index (χ0v) is 6.90. The van der Waals surface area contributed by atoms with Crippen molar-refractivity contribution in [2.24, 2.45) is 0 Å². The Hall–Kier alpha value is -1.49. The molecule has 4 nitrogen and oxygen atoms in total. The molecule has 0 fully saturated rings. The van der Waals surface area contributed by atoms with Crippen LogP contribution in [0.4, 0.5) is 0 Å². The summed E-state index contributed by atoms with van der Waals surface area (Å²) in [4.78, 5) is 7.83. The summed E-state index contributed by atoms with van der Waals surface area (Å²) in [5, 5.41) is 4.34. The summed E-state index contributed by atoms with van der Waals surface area (Å²) in [6, 6.07) is 3.58. The van der Waals surface area contributed by atoms with E-state index < -0.39 is 0 Å². The number of rotatable bonds is 1. The molecule has 0 aliphatic heterocycles. The first-order chi connectivity index (χ1) is 5.86. The molecule has 0 bridgehead atoms. The molecule has 2 aromatic rings. The van der Waals surface area contributed by atoms with Crippen molar-refractivity contribution >= 4 is 12.6 Å². The summed E-state index contributed by atoms with van der Waals surface area (Å²) in [5.74, 6) is 0.694. The van der Waals surface area contributed by atoms with Gasteiger partial charge in [-0.1, -0.05) is 0 Å². The number of hydrogen-bond donors (Lipinski definition) is 0. The Labute approximate surface area is 74.7 Å². The first kappa shape index (κ1) is 7.17. The lowest BCUT2D eigenvalue weighted by molar-refractivity contribution is 0.808. The average molecular weight is 177 g/mol. The van der Waals surface area contributed by atoms with E-state index in [4.69, 9.17) is 12.6 Å². The first-order valence-electron chi connectivity index (χ1n) is 3.36. The van der Waals surface area contributed by atoms with Gasteiger partial charge in [0.15, 0.2) is 5.82 Å². The quantitative estimate of drug-likeness (QED) is 0.615. The Kier molecular flexibility index (Phi) is 1.71. The third kappa shape index (κ3) is 1.26. The van der Waals surface area contributed by atoms with Crippen LogP contribution in [0.1, 0.15) is 0 Å². The molecule has 5 heteroatoms. The van der Waals surface area contributed by atoms with Crippen molar-refractivity contribution in [2.45, 2.75) is 5.16 Å². The highest BCUT2D eigenvalue weighted by Gasteiger charge is 1.97. The molecule has 0 aliphatic carbocycles. The second-order valence-corrected chi connectivity index (χ2v) is 2.51. The highest BCUT2D eigenvalue weighted by atomic mass is 32.1. The van der Waals surface area contributed by atoms with Crippen LogP contribution in [0, 0.1) is 0 Å². The minimum absolute atomic E-state index is 0.336. The van der Waals surface area contributed by atoms with Gasteiger partial charge in [0, 0.05) is 24.7 Å². The SMILES string of the molecule is [S]c1nccc(-n2cccn2)n1. The zero-order chi connectivity index (χ0) is 8.39. The van der Waals surface area contributed by atoms with Crippen molar-refractivity contribution in [3.63, 3.8) is 0 Å². The summed E-state index contributed by atoms with van der Waals surface area (Å²) in [7, 11) is 0. The van der Waals surface area contributed by atoms with Gasteiger partial charge in [-0.25, -0.2) is 9.67 Å². The van der Waals surface area contributed by atoms with Crippen LogP contribution in [0.25, 0.3) is 5.82 Å². The molecular formula is C7H5N4S. The van der Waals surface area contributed by atoms with E-state index in [9.17, 15) is 0 Å². The molecule has 0 aliphatic rings. The third-order valence-electron chi connectivity index (χ3n) is 1.36. The standard InChI is InChI=1S/C7H5N4S/c12-7-8-4-2-6(10-7)11-5-1-3-9-11/h1-5H. The predicted molar refractivity (Wildman–Crippen MR) is 45.0 cm³/mol. The Balaban J connectivity index is 2.48. The van der Waals surface area contributed by atoms with E-state index >= 15 is 0 Å². The summed E-state index contributed by atoms with van der Waals surface area (Å²) in [5.41, 5.74) is 0. The van der Waals surface area contributed by atoms with E-state index in [0.29, 0.717) is 11.0 Å². The van der Waals surface area contributed by atoms with Crippen LogP contribution in [0.15, 0.2) is 35.9 Å². The molecular weight excluding hydrogens is 172 g/mol. The first-order valence-corrected chi connectivity index (χ1v) is 3.77. The van der Waals surface area contributed by atoms with Gasteiger partial charge in [0.1, 0.15) is 0 Å². The van der Waals surface area contributed by atoms with Gasteiger partial charge < -0.3 is 0 Å². The third-order valence-corrected chi connectivity index (χ3v) is 1.55. The highest BCUT2D eigenvalue weighted by Crippen LogP contribution is 2.03. The van der Waals surface area contributed by atoms with Gasteiger partial charge in [-0.15, -0.1) is 0 Å². The van der Waals surface area contributed by atoms with Gasteiger partial charge in [-0.2, -0.15) is 10.1 Å². The van der Waals surface area contributed by atoms with Crippen molar-refractivity contribution in [3.8, 4) is 5.82 Å². The molecule has 2 heterocycles. The second-order valence-electron chi connectivity index (χ2n) is 2.15. The van der Waals surface area contributed by atoms with E-state index in [0.717, 1.165) is 0 Å². The molecule has 0 saturated carbocycles. The Morgan fingerprint density at radius 2 is 2.25 bits per heavy atom. The van der Waals surface area contributed by atoms with Gasteiger partial charge in [0.05, 0.1) is 0 Å². The van der Waals surface area contributed by atoms with Crippen LogP contribution in [-0.4, -0.2) is 19.7 Å². The Bertz CT molecular complexity index is 371. The van der Waals surface area contributed by atoms with Crippen molar-refractivity contribution in [1.29, 1.82) is 0 Å². The fourth-order valence-electron chi connectivity index (χ4n) is 0.864. The number of nitrogens with zero attached hydrogens (tertiary/aromatic N) is 4. The molecule has 59 valence electrons. The lowest BCUT2D eigenvalue weighted by Gasteiger charge is -1.97. The molecule has 0 amide bonds. The van der Waals surface area contributed by atoms with Gasteiger partial charge in [-0.3, -0.25) is 0 Å². The summed E-state index contributed by atoms with van der Waals surface area (Å²) < 4.78 is 1.64. The lowest BCUT2D eigenvalue weighted by atomic mass is 10.6. The average Bonchev–Trinajstić information content (AvgIpc) is 2.56. The van der Waals surface area contributed by atoms with Crippen molar-refractivity contribution in [1.82, 2.24) is 19.7 Å². The molecule has 1 radical (unpaired) electrons. The van der Waals surface area contributed by atoms with Crippen LogP contribution in [0.3, 0.4) is 0 Å². The lowest BCUT2D eigenvalue weighted by Crippen LogP contribution is -1.98. The van der Waals surface area contributed by atoms with E-state index in [1.807, 2.05) is 6.07 Å². The van der Waals surface area contributed by atoms with Gasteiger partial charge in [0.25, 0.3) is 0 Å². The molecule has 0 spiro atoms. The monoisotopic (exact) mass is 177 g/mol. The molecule has 0 unspecified atom stereocenters. The summed E-state index contributed by atoms with van der Waals surface area (Å²) >= 11 is 4.81. The topological polar surface area (TPSA) is 43.6 Å². The predicted octanol–water partition coefficient (Wildman–Crippen LogP) is 1.22. The smallest absolute Gasteiger partial charge is 0.221 e. The zero-order valence-electron chi connectivity index (χ0n) is 6.08. The largest absolute Gasteiger partial charge is 0.227 e. The molecule has 0 N–H and O–H groups in total. The maximum atomic E-state index is 4.81. The normalized spacial score (nSPS) is 10.0. The van der Waals surface area contributed by atoms with E-state index in [2.05, 4.69) is 15.1 Å². The number of aromatic nitrogens is 4. The van der Waals surface area contributed by atoms with Crippen molar-refractivity contribution in [2.75, 3.05) is 0 Å². The van der Waals surface area contributed by atoms with Crippen LogP contribution in [0.5, 0.6) is 0 Å². The second kappa shape index (κ2) is 2.86. The van der Waals surface area contributed by atoms with Gasteiger partial charge in [0.2, 0.25) is 5.16 Å². The molecule has 0 aromatic carbocycles. The van der Waals surface area contributed by atoms with Crippen LogP contribution in [0.2, 0.25) is 0 Å². The van der Waals surface area contributed by atoms with Gasteiger partial charge in [-0.05, 0) is 18.7 Å². The summed E-state index contributed by atoms with van der Waals surface area (Å²) in [6.45, 7) is 0. The number of hydrogen-bond acceptors (Lipinski definition) is 3. The van der Waals surface area contributed by atoms with Crippen molar-refractivity contribution in [3.05, 3.63) is 30.7 Å². The van der Waals surface area contributed by atoms with E-state index in [-0.39, 0.29) is 0 Å². The van der Waals surface area contributed by atoms with Gasteiger partial charge >= 0.3 is 0 Å². The van der Waals surface area contributed by atoms with Crippen molar-refractivity contribution < 1.29 is 0 Å². The van der Waals surface area contributed by atoms with Crippen LogP contribution >= 0.6 is 12.6 Å².